The number of nitrogens with one attached hydrogen (secondary N) is 1. The highest BCUT2D eigenvalue weighted by atomic mass is 79.9. The Bertz CT molecular complexity index is 235. The molecule has 72 valence electrons. The Morgan fingerprint density at radius 2 is 1.85 bits per heavy atom. The predicted octanol–water partition coefficient (Wildman–Crippen LogP) is 2.61. The second kappa shape index (κ2) is 6.00. The van der Waals surface area contributed by atoms with E-state index in [9.17, 15) is 0 Å². The lowest BCUT2D eigenvalue weighted by Gasteiger charge is -2.00. The molecule has 0 saturated heterocycles. The molecule has 0 aliphatic heterocycles. The Kier molecular flexibility index (Phi) is 4.86. The first kappa shape index (κ1) is 10.5. The highest BCUT2D eigenvalue weighted by Gasteiger charge is 1.93. The van der Waals surface area contributed by atoms with Crippen LogP contribution < -0.4 is 4.34 Å². The first-order valence-corrected chi connectivity index (χ1v) is 5.23. The van der Waals surface area contributed by atoms with Gasteiger partial charge in [-0.05, 0) is 37.0 Å². The van der Waals surface area contributed by atoms with Crippen LogP contribution in [0, 0.1) is 0 Å². The van der Waals surface area contributed by atoms with E-state index in [0.29, 0.717) is 5.75 Å². The van der Waals surface area contributed by atoms with Gasteiger partial charge in [-0.25, -0.2) is 0 Å². The van der Waals surface area contributed by atoms with E-state index in [1.54, 1.807) is 12.1 Å². The zero-order valence-corrected chi connectivity index (χ0v) is 9.05. The van der Waals surface area contributed by atoms with E-state index < -0.39 is 0 Å². The van der Waals surface area contributed by atoms with Gasteiger partial charge >= 0.3 is 0 Å². The highest BCUT2D eigenvalue weighted by molar-refractivity contribution is 9.08. The first-order chi connectivity index (χ1) is 6.33. The summed E-state index contributed by atoms with van der Waals surface area (Å²) in [5.74, 6) is 0.339. The van der Waals surface area contributed by atoms with E-state index in [1.807, 2.05) is 12.1 Å². The van der Waals surface area contributed by atoms with Gasteiger partial charge in [-0.1, -0.05) is 12.1 Å². The molecule has 0 aliphatic carbocycles. The third kappa shape index (κ3) is 4.29. The average Bonchev–Trinajstić information content (AvgIpc) is 2.15. The van der Waals surface area contributed by atoms with Crippen molar-refractivity contribution in [2.75, 3.05) is 6.54 Å². The number of hydrogen-bond acceptors (Lipinski definition) is 2. The molecule has 2 nitrogen and oxygen atoms in total. The number of aromatic hydroxyl groups is 1. The second-order valence-corrected chi connectivity index (χ2v) is 3.57. The molecule has 0 fully saturated rings. The third-order valence-electron chi connectivity index (χ3n) is 1.92. The van der Waals surface area contributed by atoms with E-state index in [4.69, 9.17) is 5.11 Å². The van der Waals surface area contributed by atoms with Crippen LogP contribution >= 0.6 is 16.1 Å². The minimum absolute atomic E-state index is 0.339. The standard InChI is InChI=1S/C10H14BrNO/c11-12-8-2-1-3-9-4-6-10(13)7-5-9/h4-7,12-13H,1-3,8H2. The van der Waals surface area contributed by atoms with Crippen molar-refractivity contribution in [2.45, 2.75) is 19.3 Å². The van der Waals surface area contributed by atoms with Crippen LogP contribution in [-0.2, 0) is 6.42 Å². The Balaban J connectivity index is 2.25. The van der Waals surface area contributed by atoms with Crippen molar-refractivity contribution in [3.8, 4) is 5.75 Å². The maximum atomic E-state index is 9.05. The van der Waals surface area contributed by atoms with Gasteiger partial charge in [0.25, 0.3) is 0 Å². The number of phenols is 1. The molecule has 0 bridgehead atoms. The summed E-state index contributed by atoms with van der Waals surface area (Å²) in [6.07, 6.45) is 3.41. The minimum Gasteiger partial charge on any atom is -0.508 e. The number of rotatable bonds is 5. The molecule has 2 N–H and O–H groups in total. The van der Waals surface area contributed by atoms with Crippen molar-refractivity contribution in [3.05, 3.63) is 29.8 Å². The molecule has 3 heteroatoms. The van der Waals surface area contributed by atoms with Crippen molar-refractivity contribution < 1.29 is 5.11 Å². The molecule has 0 spiro atoms. The van der Waals surface area contributed by atoms with Gasteiger partial charge in [0.15, 0.2) is 0 Å². The first-order valence-electron chi connectivity index (χ1n) is 4.44. The number of halogens is 1. The van der Waals surface area contributed by atoms with Crippen LogP contribution in [0.3, 0.4) is 0 Å². The molecular weight excluding hydrogens is 230 g/mol. The van der Waals surface area contributed by atoms with Crippen molar-refractivity contribution in [2.24, 2.45) is 0 Å². The fraction of sp³-hybridized carbons (Fsp3) is 0.400. The van der Waals surface area contributed by atoms with Gasteiger partial charge < -0.3 is 5.11 Å². The summed E-state index contributed by atoms with van der Waals surface area (Å²) in [7, 11) is 0. The van der Waals surface area contributed by atoms with Gasteiger partial charge in [-0.2, -0.15) is 0 Å². The Hall–Kier alpha value is -0.540. The minimum atomic E-state index is 0.339. The highest BCUT2D eigenvalue weighted by Crippen LogP contribution is 2.11. The lowest BCUT2D eigenvalue weighted by molar-refractivity contribution is 0.475. The molecule has 0 radical (unpaired) electrons. The van der Waals surface area contributed by atoms with Gasteiger partial charge in [0, 0.05) is 22.7 Å². The molecule has 0 aliphatic rings. The number of benzene rings is 1. The molecule has 1 aromatic rings. The molecule has 1 rings (SSSR count). The van der Waals surface area contributed by atoms with Crippen molar-refractivity contribution in [1.82, 2.24) is 4.34 Å². The summed E-state index contributed by atoms with van der Waals surface area (Å²) < 4.78 is 2.94. The average molecular weight is 244 g/mol. The van der Waals surface area contributed by atoms with Crippen LogP contribution in [0.15, 0.2) is 24.3 Å². The number of phenolic OH excluding ortho intramolecular Hbond substituents is 1. The number of unbranched alkanes of at least 4 members (excludes halogenated alkanes) is 1. The van der Waals surface area contributed by atoms with Gasteiger partial charge in [0.1, 0.15) is 5.75 Å². The summed E-state index contributed by atoms with van der Waals surface area (Å²) in [6.45, 7) is 0.998. The quantitative estimate of drug-likeness (QED) is 0.616. The maximum absolute atomic E-state index is 9.05. The molecule has 0 heterocycles. The molecule has 0 unspecified atom stereocenters. The number of hydrogen-bond donors (Lipinski definition) is 2. The summed E-state index contributed by atoms with van der Waals surface area (Å²) in [5.41, 5.74) is 1.28. The number of aryl methyl sites for hydroxylation is 1. The molecule has 1 aromatic carbocycles. The lowest BCUT2D eigenvalue weighted by Crippen LogP contribution is -2.00. The molecular formula is C10H14BrNO. The zero-order valence-electron chi connectivity index (χ0n) is 7.46. The van der Waals surface area contributed by atoms with E-state index in [0.717, 1.165) is 19.4 Å². The van der Waals surface area contributed by atoms with Crippen LogP contribution in [0.1, 0.15) is 18.4 Å². The SMILES string of the molecule is Oc1ccc(CCCCNBr)cc1. The second-order valence-electron chi connectivity index (χ2n) is 3.01. The van der Waals surface area contributed by atoms with Gasteiger partial charge in [0.05, 0.1) is 0 Å². The zero-order chi connectivity index (χ0) is 9.52. The Morgan fingerprint density at radius 1 is 1.15 bits per heavy atom. The summed E-state index contributed by atoms with van der Waals surface area (Å²) in [6, 6.07) is 7.41. The lowest BCUT2D eigenvalue weighted by atomic mass is 10.1. The molecule has 0 amide bonds. The maximum Gasteiger partial charge on any atom is 0.115 e. The fourth-order valence-electron chi connectivity index (χ4n) is 1.18. The topological polar surface area (TPSA) is 32.3 Å². The van der Waals surface area contributed by atoms with Crippen molar-refractivity contribution >= 4 is 16.1 Å². The third-order valence-corrected chi connectivity index (χ3v) is 2.32. The normalized spacial score (nSPS) is 10.2. The predicted molar refractivity (Wildman–Crippen MR) is 58.0 cm³/mol. The van der Waals surface area contributed by atoms with Crippen molar-refractivity contribution in [3.63, 3.8) is 0 Å². The summed E-state index contributed by atoms with van der Waals surface area (Å²) >= 11 is 3.16. The van der Waals surface area contributed by atoms with Gasteiger partial charge in [-0.15, -0.1) is 0 Å². The smallest absolute Gasteiger partial charge is 0.115 e. The molecule has 13 heavy (non-hydrogen) atoms. The van der Waals surface area contributed by atoms with Crippen LogP contribution in [0.2, 0.25) is 0 Å². The fourth-order valence-corrected chi connectivity index (χ4v) is 1.46. The van der Waals surface area contributed by atoms with Crippen LogP contribution in [0.5, 0.6) is 5.75 Å². The van der Waals surface area contributed by atoms with Crippen LogP contribution in [0.25, 0.3) is 0 Å². The molecule has 0 aromatic heterocycles. The summed E-state index contributed by atoms with van der Waals surface area (Å²) in [5, 5.41) is 9.05. The Morgan fingerprint density at radius 3 is 2.46 bits per heavy atom. The van der Waals surface area contributed by atoms with E-state index in [2.05, 4.69) is 20.5 Å². The van der Waals surface area contributed by atoms with Crippen molar-refractivity contribution in [1.29, 1.82) is 0 Å². The largest absolute Gasteiger partial charge is 0.508 e. The molecule has 0 atom stereocenters. The van der Waals surface area contributed by atoms with E-state index in [-0.39, 0.29) is 0 Å². The van der Waals surface area contributed by atoms with E-state index in [1.165, 1.54) is 12.0 Å². The summed E-state index contributed by atoms with van der Waals surface area (Å²) in [4.78, 5) is 0. The monoisotopic (exact) mass is 243 g/mol. The van der Waals surface area contributed by atoms with Gasteiger partial charge in [0.2, 0.25) is 0 Å². The van der Waals surface area contributed by atoms with Gasteiger partial charge in [-0.3, -0.25) is 4.34 Å². The molecule has 0 saturated carbocycles. The Labute approximate surface area is 87.3 Å². The van der Waals surface area contributed by atoms with Crippen LogP contribution in [-0.4, -0.2) is 11.7 Å². The van der Waals surface area contributed by atoms with Crippen LogP contribution in [0.4, 0.5) is 0 Å². The van der Waals surface area contributed by atoms with E-state index >= 15 is 0 Å².